The van der Waals surface area contributed by atoms with Gasteiger partial charge >= 0.3 is 0 Å². The first kappa shape index (κ1) is 26.6. The third kappa shape index (κ3) is 8.61. The summed E-state index contributed by atoms with van der Waals surface area (Å²) in [6.07, 6.45) is 0.364. The molecule has 3 rings (SSSR count). The number of halogens is 2. The van der Waals surface area contributed by atoms with Gasteiger partial charge in [-0.15, -0.1) is 0 Å². The van der Waals surface area contributed by atoms with E-state index in [1.165, 1.54) is 0 Å². The van der Waals surface area contributed by atoms with Gasteiger partial charge in [0.05, 0.1) is 0 Å². The van der Waals surface area contributed by atoms with Gasteiger partial charge in [0, 0.05) is 28.5 Å². The second-order valence-electron chi connectivity index (χ2n) is 9.34. The van der Waals surface area contributed by atoms with E-state index in [1.807, 2.05) is 63.2 Å². The number of nitrogens with zero attached hydrogens (tertiary/aromatic N) is 1. The second kappa shape index (κ2) is 12.1. The van der Waals surface area contributed by atoms with Gasteiger partial charge in [-0.1, -0.05) is 65.7 Å². The molecule has 3 aromatic rings. The molecule has 1 N–H and O–H groups in total. The summed E-state index contributed by atoms with van der Waals surface area (Å²) in [4.78, 5) is 28.6. The summed E-state index contributed by atoms with van der Waals surface area (Å²) in [7, 11) is 0. The van der Waals surface area contributed by atoms with Crippen molar-refractivity contribution >= 4 is 35.0 Å². The maximum absolute atomic E-state index is 13.5. The first-order valence-corrected chi connectivity index (χ1v) is 12.1. The van der Waals surface area contributed by atoms with Crippen molar-refractivity contribution in [1.82, 2.24) is 10.2 Å². The van der Waals surface area contributed by atoms with Crippen molar-refractivity contribution in [2.75, 3.05) is 6.61 Å². The molecule has 0 spiro atoms. The highest BCUT2D eigenvalue weighted by Crippen LogP contribution is 2.19. The van der Waals surface area contributed by atoms with Gasteiger partial charge in [0.1, 0.15) is 11.8 Å². The van der Waals surface area contributed by atoms with Crippen LogP contribution in [-0.2, 0) is 22.6 Å². The minimum absolute atomic E-state index is 0.219. The molecule has 5 nitrogen and oxygen atoms in total. The van der Waals surface area contributed by atoms with Crippen molar-refractivity contribution in [2.45, 2.75) is 45.3 Å². The Balaban J connectivity index is 1.91. The monoisotopic (exact) mass is 512 g/mol. The summed E-state index contributed by atoms with van der Waals surface area (Å²) in [5, 5.41) is 4.22. The first-order chi connectivity index (χ1) is 16.6. The van der Waals surface area contributed by atoms with E-state index in [2.05, 4.69) is 5.32 Å². The molecular formula is C28H30Cl2N2O3. The van der Waals surface area contributed by atoms with Gasteiger partial charge in [-0.2, -0.15) is 0 Å². The number of rotatable bonds is 9. The Kier molecular flexibility index (Phi) is 9.19. The summed E-state index contributed by atoms with van der Waals surface area (Å²) in [5.74, 6) is -0.0111. The highest BCUT2D eigenvalue weighted by molar-refractivity contribution is 6.30. The molecule has 0 fully saturated rings. The van der Waals surface area contributed by atoms with E-state index in [4.69, 9.17) is 27.9 Å². The molecule has 0 saturated carbocycles. The van der Waals surface area contributed by atoms with Crippen LogP contribution in [0.3, 0.4) is 0 Å². The van der Waals surface area contributed by atoms with Crippen LogP contribution in [-0.4, -0.2) is 34.9 Å². The van der Waals surface area contributed by atoms with Gasteiger partial charge in [-0.05, 0) is 68.3 Å². The van der Waals surface area contributed by atoms with Gasteiger partial charge < -0.3 is 15.0 Å². The summed E-state index contributed by atoms with van der Waals surface area (Å²) in [6, 6.07) is 23.0. The molecule has 0 heterocycles. The lowest BCUT2D eigenvalue weighted by molar-refractivity contribution is -0.143. The number of ether oxygens (including phenoxy) is 1. The van der Waals surface area contributed by atoms with Crippen LogP contribution in [0.5, 0.6) is 5.75 Å². The number of hydrogen-bond acceptors (Lipinski definition) is 3. The molecule has 0 saturated heterocycles. The number of carbonyl (C=O) groups excluding carboxylic acids is 2. The van der Waals surface area contributed by atoms with E-state index in [0.717, 1.165) is 11.1 Å². The molecule has 184 valence electrons. The number of amides is 2. The van der Waals surface area contributed by atoms with Crippen LogP contribution in [0.25, 0.3) is 0 Å². The predicted octanol–water partition coefficient (Wildman–Crippen LogP) is 5.93. The highest BCUT2D eigenvalue weighted by Gasteiger charge is 2.32. The Hall–Kier alpha value is -3.02. The molecule has 0 aromatic heterocycles. The lowest BCUT2D eigenvalue weighted by atomic mass is 10.0. The molecule has 0 unspecified atom stereocenters. The summed E-state index contributed by atoms with van der Waals surface area (Å²) in [5.41, 5.74) is 1.35. The van der Waals surface area contributed by atoms with Gasteiger partial charge in [-0.3, -0.25) is 9.59 Å². The van der Waals surface area contributed by atoms with Crippen molar-refractivity contribution in [1.29, 1.82) is 0 Å². The largest absolute Gasteiger partial charge is 0.484 e. The predicted molar refractivity (Wildman–Crippen MR) is 141 cm³/mol. The average Bonchev–Trinajstić information content (AvgIpc) is 2.81. The third-order valence-corrected chi connectivity index (χ3v) is 5.72. The molecule has 0 aliphatic carbocycles. The number of hydrogen-bond donors (Lipinski definition) is 1. The van der Waals surface area contributed by atoms with E-state index in [-0.39, 0.29) is 25.0 Å². The zero-order chi connectivity index (χ0) is 25.4. The molecule has 7 heteroatoms. The van der Waals surface area contributed by atoms with Crippen molar-refractivity contribution in [2.24, 2.45) is 0 Å². The normalized spacial score (nSPS) is 12.0. The second-order valence-corrected chi connectivity index (χ2v) is 10.2. The topological polar surface area (TPSA) is 58.6 Å². The molecule has 3 aromatic carbocycles. The Morgan fingerprint density at radius 3 is 2.00 bits per heavy atom. The van der Waals surface area contributed by atoms with Crippen LogP contribution in [0.15, 0.2) is 78.9 Å². The zero-order valence-electron chi connectivity index (χ0n) is 20.1. The lowest BCUT2D eigenvalue weighted by Crippen LogP contribution is -2.55. The standard InChI is InChI=1S/C28H30Cl2N2O3/c1-28(2,3)31-27(34)25(17-20-7-5-4-6-8-20)32(18-21-9-11-22(29)12-10-21)26(33)19-35-24-15-13-23(30)14-16-24/h4-16,25H,17-19H2,1-3H3,(H,31,34)/t25-/m1/s1. The first-order valence-electron chi connectivity index (χ1n) is 11.4. The van der Waals surface area contributed by atoms with E-state index in [1.54, 1.807) is 41.3 Å². The Bertz CT molecular complexity index is 1110. The van der Waals surface area contributed by atoms with Gasteiger partial charge in [0.15, 0.2) is 6.61 Å². The number of carbonyl (C=O) groups is 2. The molecule has 1 atom stereocenters. The van der Waals surface area contributed by atoms with E-state index in [9.17, 15) is 9.59 Å². The van der Waals surface area contributed by atoms with Crippen molar-refractivity contribution in [3.8, 4) is 5.75 Å². The highest BCUT2D eigenvalue weighted by atomic mass is 35.5. The van der Waals surface area contributed by atoms with Crippen molar-refractivity contribution in [3.05, 3.63) is 100 Å². The molecule has 0 radical (unpaired) electrons. The lowest BCUT2D eigenvalue weighted by Gasteiger charge is -2.33. The van der Waals surface area contributed by atoms with Gasteiger partial charge in [0.2, 0.25) is 5.91 Å². The fourth-order valence-corrected chi connectivity index (χ4v) is 3.80. The summed E-state index contributed by atoms with van der Waals surface area (Å²) in [6.45, 7) is 5.76. The van der Waals surface area contributed by atoms with Crippen LogP contribution in [0.4, 0.5) is 0 Å². The average molecular weight is 513 g/mol. The third-order valence-electron chi connectivity index (χ3n) is 5.21. The van der Waals surface area contributed by atoms with Crippen molar-refractivity contribution in [3.63, 3.8) is 0 Å². The van der Waals surface area contributed by atoms with Crippen LogP contribution in [0.2, 0.25) is 10.0 Å². The van der Waals surface area contributed by atoms with E-state index < -0.39 is 11.6 Å². The number of nitrogens with one attached hydrogen (secondary N) is 1. The Morgan fingerprint density at radius 1 is 0.857 bits per heavy atom. The minimum Gasteiger partial charge on any atom is -0.484 e. The van der Waals surface area contributed by atoms with Gasteiger partial charge in [-0.25, -0.2) is 0 Å². The smallest absolute Gasteiger partial charge is 0.261 e. The van der Waals surface area contributed by atoms with Crippen LogP contribution in [0, 0.1) is 0 Å². The molecule has 0 aliphatic heterocycles. The molecule has 0 aliphatic rings. The Labute approximate surface area is 217 Å². The molecular weight excluding hydrogens is 483 g/mol. The number of benzene rings is 3. The molecule has 0 bridgehead atoms. The fraction of sp³-hybridized carbons (Fsp3) is 0.286. The van der Waals surface area contributed by atoms with Crippen molar-refractivity contribution < 1.29 is 14.3 Å². The SMILES string of the molecule is CC(C)(C)NC(=O)[C@@H](Cc1ccccc1)N(Cc1ccc(Cl)cc1)C(=O)COc1ccc(Cl)cc1. The van der Waals surface area contributed by atoms with Crippen LogP contribution in [0.1, 0.15) is 31.9 Å². The molecule has 35 heavy (non-hydrogen) atoms. The molecule has 2 amide bonds. The van der Waals surface area contributed by atoms with Crippen LogP contribution < -0.4 is 10.1 Å². The van der Waals surface area contributed by atoms with Crippen LogP contribution >= 0.6 is 23.2 Å². The minimum atomic E-state index is -0.742. The van der Waals surface area contributed by atoms with E-state index in [0.29, 0.717) is 22.2 Å². The zero-order valence-corrected chi connectivity index (χ0v) is 21.6. The maximum atomic E-state index is 13.5. The Morgan fingerprint density at radius 2 is 1.43 bits per heavy atom. The van der Waals surface area contributed by atoms with Gasteiger partial charge in [0.25, 0.3) is 5.91 Å². The van der Waals surface area contributed by atoms with E-state index >= 15 is 0 Å². The summed E-state index contributed by atoms with van der Waals surface area (Å²) >= 11 is 12.0. The fourth-order valence-electron chi connectivity index (χ4n) is 3.55. The summed E-state index contributed by atoms with van der Waals surface area (Å²) < 4.78 is 5.74. The quantitative estimate of drug-likeness (QED) is 0.386. The maximum Gasteiger partial charge on any atom is 0.261 e.